The van der Waals surface area contributed by atoms with Crippen LogP contribution in [0.5, 0.6) is 0 Å². The molecular formula is C10H20N2O2. The van der Waals surface area contributed by atoms with E-state index in [4.69, 9.17) is 4.74 Å². The van der Waals surface area contributed by atoms with Gasteiger partial charge in [0.25, 0.3) is 0 Å². The second-order valence-corrected chi connectivity index (χ2v) is 3.91. The largest absolute Gasteiger partial charge is 0.363 e. The first-order valence-electron chi connectivity index (χ1n) is 5.23. The first kappa shape index (κ1) is 11.5. The average molecular weight is 200 g/mol. The molecule has 0 aliphatic carbocycles. The van der Waals surface area contributed by atoms with Crippen molar-refractivity contribution in [1.82, 2.24) is 10.2 Å². The van der Waals surface area contributed by atoms with Crippen molar-refractivity contribution in [2.24, 2.45) is 0 Å². The summed E-state index contributed by atoms with van der Waals surface area (Å²) in [6, 6.07) is 0. The van der Waals surface area contributed by atoms with Gasteiger partial charge in [0.05, 0.1) is 5.60 Å². The van der Waals surface area contributed by atoms with Crippen molar-refractivity contribution in [3.8, 4) is 0 Å². The molecular weight excluding hydrogens is 180 g/mol. The minimum Gasteiger partial charge on any atom is -0.363 e. The van der Waals surface area contributed by atoms with Gasteiger partial charge in [-0.2, -0.15) is 0 Å². The molecule has 0 aromatic heterocycles. The Kier molecular flexibility index (Phi) is 3.89. The summed E-state index contributed by atoms with van der Waals surface area (Å²) in [4.78, 5) is 13.4. The van der Waals surface area contributed by atoms with Gasteiger partial charge in [0.15, 0.2) is 0 Å². The zero-order chi connectivity index (χ0) is 10.6. The summed E-state index contributed by atoms with van der Waals surface area (Å²) in [5.41, 5.74) is -0.122. The van der Waals surface area contributed by atoms with Crippen LogP contribution in [0.2, 0.25) is 0 Å². The maximum atomic E-state index is 11.6. The van der Waals surface area contributed by atoms with E-state index in [0.29, 0.717) is 0 Å². The number of carbonyl (C=O) groups excluding carboxylic acids is 1. The van der Waals surface area contributed by atoms with Crippen molar-refractivity contribution in [2.75, 3.05) is 32.8 Å². The smallest absolute Gasteiger partial charge is 0.248 e. The summed E-state index contributed by atoms with van der Waals surface area (Å²) in [6.45, 7) is 9.40. The van der Waals surface area contributed by atoms with Crippen LogP contribution in [0.15, 0.2) is 0 Å². The maximum Gasteiger partial charge on any atom is 0.248 e. The molecule has 0 atom stereocenters. The number of hydrogen-bond acceptors (Lipinski definition) is 3. The average Bonchev–Trinajstić information content (AvgIpc) is 2.13. The van der Waals surface area contributed by atoms with Crippen LogP contribution in [0.4, 0.5) is 0 Å². The number of amides is 1. The van der Waals surface area contributed by atoms with Crippen LogP contribution in [-0.4, -0.2) is 49.2 Å². The molecule has 1 N–H and O–H groups in total. The Hall–Kier alpha value is -0.610. The van der Waals surface area contributed by atoms with Crippen LogP contribution in [0, 0.1) is 0 Å². The molecule has 1 heterocycles. The Morgan fingerprint density at radius 2 is 2.00 bits per heavy atom. The Labute approximate surface area is 85.6 Å². The van der Waals surface area contributed by atoms with E-state index in [-0.39, 0.29) is 18.1 Å². The standard InChI is InChI=1S/C10H20N2O2/c1-4-12(5-2)9(13)6-14-10(3)7-11-8-10/h11H,4-8H2,1-3H3. The van der Waals surface area contributed by atoms with Crippen molar-refractivity contribution in [3.63, 3.8) is 0 Å². The summed E-state index contributed by atoms with van der Waals surface area (Å²) in [5.74, 6) is 0.0862. The molecule has 14 heavy (non-hydrogen) atoms. The van der Waals surface area contributed by atoms with E-state index in [2.05, 4.69) is 5.32 Å². The molecule has 1 saturated heterocycles. The first-order chi connectivity index (χ1) is 6.61. The molecule has 0 aromatic rings. The van der Waals surface area contributed by atoms with Crippen molar-refractivity contribution in [2.45, 2.75) is 26.4 Å². The van der Waals surface area contributed by atoms with Crippen molar-refractivity contribution in [3.05, 3.63) is 0 Å². The molecule has 0 bridgehead atoms. The number of nitrogens with zero attached hydrogens (tertiary/aromatic N) is 1. The van der Waals surface area contributed by atoms with Gasteiger partial charge in [0, 0.05) is 26.2 Å². The van der Waals surface area contributed by atoms with Gasteiger partial charge in [-0.05, 0) is 20.8 Å². The van der Waals surface area contributed by atoms with Crippen molar-refractivity contribution in [1.29, 1.82) is 0 Å². The highest BCUT2D eigenvalue weighted by molar-refractivity contribution is 5.77. The number of nitrogens with one attached hydrogen (secondary N) is 1. The molecule has 0 aromatic carbocycles. The monoisotopic (exact) mass is 200 g/mol. The molecule has 4 heteroatoms. The van der Waals surface area contributed by atoms with Gasteiger partial charge in [-0.3, -0.25) is 4.79 Å². The third kappa shape index (κ3) is 2.69. The minimum atomic E-state index is -0.122. The van der Waals surface area contributed by atoms with E-state index in [1.54, 1.807) is 4.90 Å². The Balaban J connectivity index is 2.26. The van der Waals surface area contributed by atoms with Gasteiger partial charge >= 0.3 is 0 Å². The number of likely N-dealkylation sites (N-methyl/N-ethyl adjacent to an activating group) is 1. The highest BCUT2D eigenvalue weighted by Gasteiger charge is 2.33. The fraction of sp³-hybridized carbons (Fsp3) is 0.900. The third-order valence-corrected chi connectivity index (χ3v) is 2.66. The molecule has 0 radical (unpaired) electrons. The van der Waals surface area contributed by atoms with Crippen LogP contribution < -0.4 is 5.32 Å². The Bertz CT molecular complexity index is 198. The Morgan fingerprint density at radius 1 is 1.43 bits per heavy atom. The number of carbonyl (C=O) groups is 1. The maximum absolute atomic E-state index is 11.6. The predicted molar refractivity (Wildman–Crippen MR) is 55.2 cm³/mol. The number of ether oxygens (including phenoxy) is 1. The lowest BCUT2D eigenvalue weighted by Crippen LogP contribution is -2.59. The fourth-order valence-electron chi connectivity index (χ4n) is 1.48. The molecule has 1 fully saturated rings. The lowest BCUT2D eigenvalue weighted by atomic mass is 10.0. The second kappa shape index (κ2) is 4.75. The van der Waals surface area contributed by atoms with Crippen LogP contribution in [0.3, 0.4) is 0 Å². The SMILES string of the molecule is CCN(CC)C(=O)COC1(C)CNC1. The van der Waals surface area contributed by atoms with Gasteiger partial charge in [-0.25, -0.2) is 0 Å². The number of rotatable bonds is 5. The highest BCUT2D eigenvalue weighted by atomic mass is 16.5. The van der Waals surface area contributed by atoms with Crippen LogP contribution >= 0.6 is 0 Å². The summed E-state index contributed by atoms with van der Waals surface area (Å²) in [7, 11) is 0. The van der Waals surface area contributed by atoms with E-state index in [1.807, 2.05) is 20.8 Å². The van der Waals surface area contributed by atoms with E-state index in [0.717, 1.165) is 26.2 Å². The topological polar surface area (TPSA) is 41.6 Å². The molecule has 0 unspecified atom stereocenters. The second-order valence-electron chi connectivity index (χ2n) is 3.91. The highest BCUT2D eigenvalue weighted by Crippen LogP contribution is 2.14. The van der Waals surface area contributed by atoms with Gasteiger partial charge in [-0.15, -0.1) is 0 Å². The van der Waals surface area contributed by atoms with E-state index in [1.165, 1.54) is 0 Å². The summed E-state index contributed by atoms with van der Waals surface area (Å²) in [5, 5.41) is 3.13. The fourth-order valence-corrected chi connectivity index (χ4v) is 1.48. The van der Waals surface area contributed by atoms with Gasteiger partial charge in [0.2, 0.25) is 5.91 Å². The lowest BCUT2D eigenvalue weighted by molar-refractivity contribution is -0.145. The van der Waals surface area contributed by atoms with Crippen LogP contribution in [0.25, 0.3) is 0 Å². The van der Waals surface area contributed by atoms with Crippen molar-refractivity contribution >= 4 is 5.91 Å². The van der Waals surface area contributed by atoms with Gasteiger partial charge in [0.1, 0.15) is 6.61 Å². The molecule has 1 aliphatic heterocycles. The zero-order valence-corrected chi connectivity index (χ0v) is 9.30. The minimum absolute atomic E-state index is 0.0862. The van der Waals surface area contributed by atoms with Gasteiger partial charge < -0.3 is 15.0 Å². The van der Waals surface area contributed by atoms with Crippen molar-refractivity contribution < 1.29 is 9.53 Å². The van der Waals surface area contributed by atoms with E-state index >= 15 is 0 Å². The predicted octanol–water partition coefficient (Wildman–Crippen LogP) is 0.233. The van der Waals surface area contributed by atoms with E-state index in [9.17, 15) is 4.79 Å². The molecule has 1 amide bonds. The summed E-state index contributed by atoms with van der Waals surface area (Å²) in [6.07, 6.45) is 0. The summed E-state index contributed by atoms with van der Waals surface area (Å²) >= 11 is 0. The first-order valence-corrected chi connectivity index (χ1v) is 5.23. The quantitative estimate of drug-likeness (QED) is 0.691. The molecule has 1 rings (SSSR count). The molecule has 82 valence electrons. The normalized spacial score (nSPS) is 18.8. The molecule has 4 nitrogen and oxygen atoms in total. The van der Waals surface area contributed by atoms with E-state index < -0.39 is 0 Å². The summed E-state index contributed by atoms with van der Waals surface area (Å²) < 4.78 is 5.56. The Morgan fingerprint density at radius 3 is 2.36 bits per heavy atom. The van der Waals surface area contributed by atoms with Gasteiger partial charge in [-0.1, -0.05) is 0 Å². The number of hydrogen-bond donors (Lipinski definition) is 1. The van der Waals surface area contributed by atoms with Crippen LogP contribution in [-0.2, 0) is 9.53 Å². The molecule has 0 saturated carbocycles. The third-order valence-electron chi connectivity index (χ3n) is 2.66. The molecule has 1 aliphatic rings. The zero-order valence-electron chi connectivity index (χ0n) is 9.30. The lowest BCUT2D eigenvalue weighted by Gasteiger charge is -2.39. The molecule has 0 spiro atoms. The van der Waals surface area contributed by atoms with Crippen LogP contribution in [0.1, 0.15) is 20.8 Å².